The molecule has 1 heterocycles. The highest BCUT2D eigenvalue weighted by Crippen LogP contribution is 2.32. The van der Waals surface area contributed by atoms with Gasteiger partial charge in [0.2, 0.25) is 0 Å². The van der Waals surface area contributed by atoms with Gasteiger partial charge in [-0.1, -0.05) is 30.3 Å². The predicted octanol–water partition coefficient (Wildman–Crippen LogP) is 4.21. The topological polar surface area (TPSA) is 41.6 Å². The molecule has 0 saturated carbocycles. The molecule has 0 bridgehead atoms. The van der Waals surface area contributed by atoms with Crippen LogP contribution in [0, 0.1) is 0 Å². The zero-order valence-electron chi connectivity index (χ0n) is 16.6. The molecule has 1 fully saturated rings. The SMILES string of the molecule is CC(C)(CNC(=O)c1ccccc1-c1ccc(C(F)(F)F)cc1)N1CCOCC1. The number of halogens is 3. The van der Waals surface area contributed by atoms with Gasteiger partial charge >= 0.3 is 6.18 Å². The number of carbonyl (C=O) groups excluding carboxylic acids is 1. The summed E-state index contributed by atoms with van der Waals surface area (Å²) < 4.78 is 43.8. The van der Waals surface area contributed by atoms with E-state index >= 15 is 0 Å². The van der Waals surface area contributed by atoms with Crippen LogP contribution in [-0.4, -0.2) is 49.2 Å². The second-order valence-electron chi connectivity index (χ2n) is 7.72. The van der Waals surface area contributed by atoms with E-state index in [0.717, 1.165) is 25.2 Å². The lowest BCUT2D eigenvalue weighted by molar-refractivity contribution is -0.137. The zero-order chi connectivity index (χ0) is 21.1. The van der Waals surface area contributed by atoms with E-state index in [1.807, 2.05) is 0 Å². The molecule has 0 atom stereocenters. The number of alkyl halides is 3. The molecule has 1 aliphatic rings. The Morgan fingerprint density at radius 3 is 2.28 bits per heavy atom. The van der Waals surface area contributed by atoms with Crippen molar-refractivity contribution < 1.29 is 22.7 Å². The van der Waals surface area contributed by atoms with Crippen LogP contribution in [0.1, 0.15) is 29.8 Å². The van der Waals surface area contributed by atoms with Gasteiger partial charge in [-0.05, 0) is 43.2 Å². The van der Waals surface area contributed by atoms with Crippen LogP contribution in [0.3, 0.4) is 0 Å². The molecule has 2 aromatic rings. The number of amides is 1. The monoisotopic (exact) mass is 406 g/mol. The van der Waals surface area contributed by atoms with E-state index in [-0.39, 0.29) is 11.4 Å². The summed E-state index contributed by atoms with van der Waals surface area (Å²) in [6.45, 7) is 7.56. The molecule has 0 unspecified atom stereocenters. The number of nitrogens with one attached hydrogen (secondary N) is 1. The van der Waals surface area contributed by atoms with E-state index in [4.69, 9.17) is 4.74 Å². The molecule has 3 rings (SSSR count). The Hall–Kier alpha value is -2.38. The fourth-order valence-electron chi connectivity index (χ4n) is 3.44. The number of hydrogen-bond acceptors (Lipinski definition) is 3. The largest absolute Gasteiger partial charge is 0.416 e. The Morgan fingerprint density at radius 2 is 1.66 bits per heavy atom. The van der Waals surface area contributed by atoms with Crippen LogP contribution in [0.2, 0.25) is 0 Å². The Kier molecular flexibility index (Phi) is 6.29. The zero-order valence-corrected chi connectivity index (χ0v) is 16.6. The van der Waals surface area contributed by atoms with E-state index in [0.29, 0.717) is 36.4 Å². The third-order valence-corrected chi connectivity index (χ3v) is 5.24. The first-order chi connectivity index (χ1) is 13.7. The highest BCUT2D eigenvalue weighted by molar-refractivity contribution is 6.00. The van der Waals surface area contributed by atoms with Crippen LogP contribution in [0.25, 0.3) is 11.1 Å². The maximum atomic E-state index is 12.9. The lowest BCUT2D eigenvalue weighted by atomic mass is 9.97. The van der Waals surface area contributed by atoms with Crippen molar-refractivity contribution in [3.05, 3.63) is 59.7 Å². The molecule has 1 aliphatic heterocycles. The summed E-state index contributed by atoms with van der Waals surface area (Å²) in [5, 5.41) is 2.98. The first-order valence-corrected chi connectivity index (χ1v) is 9.56. The van der Waals surface area contributed by atoms with E-state index in [2.05, 4.69) is 24.1 Å². The van der Waals surface area contributed by atoms with Crippen molar-refractivity contribution in [2.24, 2.45) is 0 Å². The van der Waals surface area contributed by atoms with E-state index < -0.39 is 11.7 Å². The number of morpholine rings is 1. The third kappa shape index (κ3) is 5.16. The van der Waals surface area contributed by atoms with E-state index in [1.165, 1.54) is 12.1 Å². The molecule has 0 radical (unpaired) electrons. The van der Waals surface area contributed by atoms with Crippen molar-refractivity contribution >= 4 is 5.91 Å². The molecule has 1 saturated heterocycles. The first kappa shape index (κ1) is 21.3. The smallest absolute Gasteiger partial charge is 0.379 e. The number of carbonyl (C=O) groups is 1. The Balaban J connectivity index is 1.75. The lowest BCUT2D eigenvalue weighted by Gasteiger charge is -2.40. The Labute approximate surface area is 168 Å². The maximum absolute atomic E-state index is 12.9. The van der Waals surface area contributed by atoms with Crippen LogP contribution in [0.5, 0.6) is 0 Å². The molecule has 4 nitrogen and oxygen atoms in total. The second kappa shape index (κ2) is 8.55. The summed E-state index contributed by atoms with van der Waals surface area (Å²) in [6.07, 6.45) is -4.39. The molecule has 0 aliphatic carbocycles. The van der Waals surface area contributed by atoms with Crippen molar-refractivity contribution in [1.29, 1.82) is 0 Å². The Morgan fingerprint density at radius 1 is 1.03 bits per heavy atom. The highest BCUT2D eigenvalue weighted by Gasteiger charge is 2.31. The van der Waals surface area contributed by atoms with Crippen molar-refractivity contribution in [1.82, 2.24) is 10.2 Å². The average molecular weight is 406 g/mol. The third-order valence-electron chi connectivity index (χ3n) is 5.24. The van der Waals surface area contributed by atoms with Gasteiger partial charge in [0.15, 0.2) is 0 Å². The van der Waals surface area contributed by atoms with Crippen molar-refractivity contribution in [2.75, 3.05) is 32.8 Å². The van der Waals surface area contributed by atoms with Crippen LogP contribution in [0.4, 0.5) is 13.2 Å². The Bertz CT molecular complexity index is 842. The van der Waals surface area contributed by atoms with E-state index in [9.17, 15) is 18.0 Å². The van der Waals surface area contributed by atoms with Crippen LogP contribution >= 0.6 is 0 Å². The standard InChI is InChI=1S/C22H25F3N2O2/c1-21(2,27-11-13-29-14-12-27)15-26-20(28)19-6-4-3-5-18(19)16-7-9-17(10-8-16)22(23,24)25/h3-10H,11-15H2,1-2H3,(H,26,28). The van der Waals surface area contributed by atoms with Crippen molar-refractivity contribution in [3.8, 4) is 11.1 Å². The summed E-state index contributed by atoms with van der Waals surface area (Å²) in [5.41, 5.74) is 0.655. The molecule has 0 aromatic heterocycles. The predicted molar refractivity (Wildman–Crippen MR) is 106 cm³/mol. The number of rotatable bonds is 5. The highest BCUT2D eigenvalue weighted by atomic mass is 19.4. The number of ether oxygens (including phenoxy) is 1. The molecule has 1 amide bonds. The molecule has 0 spiro atoms. The van der Waals surface area contributed by atoms with Gasteiger partial charge in [-0.3, -0.25) is 9.69 Å². The summed E-state index contributed by atoms with van der Waals surface area (Å²) in [6, 6.07) is 11.8. The van der Waals surface area contributed by atoms with Gasteiger partial charge in [-0.15, -0.1) is 0 Å². The summed E-state index contributed by atoms with van der Waals surface area (Å²) in [4.78, 5) is 15.1. The minimum Gasteiger partial charge on any atom is -0.379 e. The first-order valence-electron chi connectivity index (χ1n) is 9.56. The fraction of sp³-hybridized carbons (Fsp3) is 0.409. The molecule has 1 N–H and O–H groups in total. The maximum Gasteiger partial charge on any atom is 0.416 e. The molecular formula is C22H25F3N2O2. The van der Waals surface area contributed by atoms with E-state index in [1.54, 1.807) is 24.3 Å². The van der Waals surface area contributed by atoms with Gasteiger partial charge in [0.05, 0.1) is 18.8 Å². The van der Waals surface area contributed by atoms with Gasteiger partial charge in [-0.2, -0.15) is 13.2 Å². The minimum atomic E-state index is -4.39. The van der Waals surface area contributed by atoms with Crippen LogP contribution < -0.4 is 5.32 Å². The summed E-state index contributed by atoms with van der Waals surface area (Å²) in [5.74, 6) is -0.248. The van der Waals surface area contributed by atoms with Gasteiger partial charge in [0.1, 0.15) is 0 Å². The molecule has 156 valence electrons. The van der Waals surface area contributed by atoms with Crippen molar-refractivity contribution in [3.63, 3.8) is 0 Å². The van der Waals surface area contributed by atoms with Crippen LogP contribution in [0.15, 0.2) is 48.5 Å². The summed E-state index contributed by atoms with van der Waals surface area (Å²) in [7, 11) is 0. The van der Waals surface area contributed by atoms with Crippen molar-refractivity contribution in [2.45, 2.75) is 25.6 Å². The minimum absolute atomic E-state index is 0.233. The number of nitrogens with zero attached hydrogens (tertiary/aromatic N) is 1. The number of hydrogen-bond donors (Lipinski definition) is 1. The number of benzene rings is 2. The average Bonchev–Trinajstić information content (AvgIpc) is 2.72. The lowest BCUT2D eigenvalue weighted by Crippen LogP contribution is -2.55. The summed E-state index contributed by atoms with van der Waals surface area (Å²) >= 11 is 0. The normalized spacial score (nSPS) is 15.9. The van der Waals surface area contributed by atoms with Gasteiger partial charge in [-0.25, -0.2) is 0 Å². The quantitative estimate of drug-likeness (QED) is 0.809. The van der Waals surface area contributed by atoms with Gasteiger partial charge in [0.25, 0.3) is 5.91 Å². The van der Waals surface area contributed by atoms with Crippen LogP contribution in [-0.2, 0) is 10.9 Å². The van der Waals surface area contributed by atoms with Gasteiger partial charge < -0.3 is 10.1 Å². The second-order valence-corrected chi connectivity index (χ2v) is 7.72. The molecular weight excluding hydrogens is 381 g/mol. The molecule has 2 aromatic carbocycles. The molecule has 7 heteroatoms. The molecule has 29 heavy (non-hydrogen) atoms. The fourth-order valence-corrected chi connectivity index (χ4v) is 3.44. The van der Waals surface area contributed by atoms with Gasteiger partial charge in [0, 0.05) is 30.7 Å².